The van der Waals surface area contributed by atoms with Crippen LogP contribution in [0.1, 0.15) is 26.7 Å². The first-order valence-corrected chi connectivity index (χ1v) is 6.57. The fourth-order valence-electron chi connectivity index (χ4n) is 2.99. The van der Waals surface area contributed by atoms with Crippen LogP contribution in [0.4, 0.5) is 0 Å². The highest BCUT2D eigenvalue weighted by Gasteiger charge is 2.46. The summed E-state index contributed by atoms with van der Waals surface area (Å²) in [4.78, 5) is 16.1. The molecule has 0 N–H and O–H groups in total. The first kappa shape index (κ1) is 12.8. The molecule has 2 aliphatic rings. The molecule has 0 bridgehead atoms. The second kappa shape index (κ2) is 4.94. The molecule has 2 saturated heterocycles. The van der Waals surface area contributed by atoms with E-state index in [1.54, 1.807) is 7.11 Å². The fraction of sp³-hybridized carbons (Fsp3) is 0.923. The molecule has 0 aromatic carbocycles. The first-order chi connectivity index (χ1) is 8.06. The molecular weight excluding hydrogens is 216 g/mol. The van der Waals surface area contributed by atoms with Gasteiger partial charge < -0.3 is 14.5 Å². The molecule has 0 aromatic heterocycles. The number of carbonyl (C=O) groups excluding carboxylic acids is 1. The number of likely N-dealkylation sites (tertiary alicyclic amines) is 2. The molecule has 1 spiro atoms. The highest BCUT2D eigenvalue weighted by molar-refractivity contribution is 5.78. The van der Waals surface area contributed by atoms with E-state index < -0.39 is 0 Å². The van der Waals surface area contributed by atoms with E-state index in [0.717, 1.165) is 13.1 Å². The van der Waals surface area contributed by atoms with E-state index in [1.165, 1.54) is 25.9 Å². The Morgan fingerprint density at radius 2 is 1.88 bits per heavy atom. The van der Waals surface area contributed by atoms with Crippen molar-refractivity contribution >= 4 is 5.91 Å². The lowest BCUT2D eigenvalue weighted by molar-refractivity contribution is -0.151. The number of nitrogens with zero attached hydrogens (tertiary/aromatic N) is 2. The Hall–Kier alpha value is -0.610. The summed E-state index contributed by atoms with van der Waals surface area (Å²) in [5.41, 5.74) is 0.425. The highest BCUT2D eigenvalue weighted by atomic mass is 16.5. The highest BCUT2D eigenvalue weighted by Crippen LogP contribution is 2.40. The zero-order valence-electron chi connectivity index (χ0n) is 11.2. The molecule has 0 radical (unpaired) electrons. The van der Waals surface area contributed by atoms with Crippen molar-refractivity contribution in [2.45, 2.75) is 32.7 Å². The third-order valence-corrected chi connectivity index (χ3v) is 4.26. The van der Waals surface area contributed by atoms with Gasteiger partial charge in [0.1, 0.15) is 6.61 Å². The van der Waals surface area contributed by atoms with E-state index in [4.69, 9.17) is 4.74 Å². The van der Waals surface area contributed by atoms with E-state index in [1.807, 2.05) is 4.90 Å². The van der Waals surface area contributed by atoms with Crippen molar-refractivity contribution in [3.8, 4) is 0 Å². The van der Waals surface area contributed by atoms with Gasteiger partial charge in [-0.3, -0.25) is 4.79 Å². The number of hydrogen-bond donors (Lipinski definition) is 0. The minimum Gasteiger partial charge on any atom is -0.375 e. The fourth-order valence-corrected chi connectivity index (χ4v) is 2.99. The number of ether oxygens (including phenoxy) is 1. The summed E-state index contributed by atoms with van der Waals surface area (Å²) in [5, 5.41) is 0. The Balaban J connectivity index is 1.77. The summed E-state index contributed by atoms with van der Waals surface area (Å²) in [5.74, 6) is 0.143. The van der Waals surface area contributed by atoms with Crippen molar-refractivity contribution in [3.63, 3.8) is 0 Å². The number of methoxy groups -OCH3 is 1. The lowest BCUT2D eigenvalue weighted by Crippen LogP contribution is -2.62. The molecule has 2 aliphatic heterocycles. The molecule has 0 aliphatic carbocycles. The van der Waals surface area contributed by atoms with Crippen LogP contribution >= 0.6 is 0 Å². The van der Waals surface area contributed by atoms with Crippen LogP contribution in [0.5, 0.6) is 0 Å². The average Bonchev–Trinajstić information content (AvgIpc) is 2.26. The van der Waals surface area contributed by atoms with Gasteiger partial charge in [0.25, 0.3) is 0 Å². The summed E-state index contributed by atoms with van der Waals surface area (Å²) in [6.07, 6.45) is 2.48. The Labute approximate surface area is 104 Å². The van der Waals surface area contributed by atoms with E-state index in [-0.39, 0.29) is 12.5 Å². The standard InChI is InChI=1S/C13H24N2O2/c1-11(2)14-6-4-13(5-7-14)9-15(10-13)12(16)8-17-3/h11H,4-10H2,1-3H3. The number of rotatable bonds is 3. The lowest BCUT2D eigenvalue weighted by atomic mass is 9.72. The van der Waals surface area contributed by atoms with Gasteiger partial charge in [0.05, 0.1) is 0 Å². The predicted molar refractivity (Wildman–Crippen MR) is 66.8 cm³/mol. The number of piperidine rings is 1. The van der Waals surface area contributed by atoms with Crippen LogP contribution in [0.3, 0.4) is 0 Å². The van der Waals surface area contributed by atoms with Crippen LogP contribution in [0.2, 0.25) is 0 Å². The van der Waals surface area contributed by atoms with Gasteiger partial charge in [0, 0.05) is 31.7 Å². The van der Waals surface area contributed by atoms with Crippen molar-refractivity contribution in [1.29, 1.82) is 0 Å². The van der Waals surface area contributed by atoms with Crippen LogP contribution in [0, 0.1) is 5.41 Å². The topological polar surface area (TPSA) is 32.8 Å². The molecule has 4 nitrogen and oxygen atoms in total. The van der Waals surface area contributed by atoms with Crippen LogP contribution in [-0.2, 0) is 9.53 Å². The Bertz CT molecular complexity index is 275. The van der Waals surface area contributed by atoms with Crippen LogP contribution in [0.25, 0.3) is 0 Å². The monoisotopic (exact) mass is 240 g/mol. The largest absolute Gasteiger partial charge is 0.375 e. The van der Waals surface area contributed by atoms with Crippen LogP contribution in [-0.4, -0.2) is 61.6 Å². The minimum absolute atomic E-state index is 0.143. The summed E-state index contributed by atoms with van der Waals surface area (Å²) in [6, 6.07) is 0.652. The molecule has 0 aromatic rings. The van der Waals surface area contributed by atoms with Crippen molar-refractivity contribution in [3.05, 3.63) is 0 Å². The van der Waals surface area contributed by atoms with Gasteiger partial charge in [0.15, 0.2) is 0 Å². The lowest BCUT2D eigenvalue weighted by Gasteiger charge is -2.54. The normalized spacial score (nSPS) is 24.1. The SMILES string of the molecule is COCC(=O)N1CC2(CCN(C(C)C)CC2)C1. The van der Waals surface area contributed by atoms with E-state index >= 15 is 0 Å². The maximum Gasteiger partial charge on any atom is 0.248 e. The van der Waals surface area contributed by atoms with Gasteiger partial charge in [-0.15, -0.1) is 0 Å². The minimum atomic E-state index is 0.143. The summed E-state index contributed by atoms with van der Waals surface area (Å²) in [7, 11) is 1.58. The van der Waals surface area contributed by atoms with Gasteiger partial charge >= 0.3 is 0 Å². The number of hydrogen-bond acceptors (Lipinski definition) is 3. The zero-order chi connectivity index (χ0) is 12.5. The molecule has 0 unspecified atom stereocenters. The molecule has 1 amide bonds. The smallest absolute Gasteiger partial charge is 0.248 e. The first-order valence-electron chi connectivity index (χ1n) is 6.57. The van der Waals surface area contributed by atoms with Crippen LogP contribution < -0.4 is 0 Å². The molecule has 4 heteroatoms. The van der Waals surface area contributed by atoms with E-state index in [0.29, 0.717) is 11.5 Å². The van der Waals surface area contributed by atoms with E-state index in [2.05, 4.69) is 18.7 Å². The molecular formula is C13H24N2O2. The maximum atomic E-state index is 11.6. The summed E-state index contributed by atoms with van der Waals surface area (Å²) >= 11 is 0. The molecule has 0 atom stereocenters. The summed E-state index contributed by atoms with van der Waals surface area (Å²) in [6.45, 7) is 9.00. The van der Waals surface area contributed by atoms with Gasteiger partial charge in [-0.1, -0.05) is 0 Å². The average molecular weight is 240 g/mol. The third kappa shape index (κ3) is 2.63. The van der Waals surface area contributed by atoms with Gasteiger partial charge in [-0.2, -0.15) is 0 Å². The summed E-state index contributed by atoms with van der Waals surface area (Å²) < 4.78 is 4.89. The maximum absolute atomic E-state index is 11.6. The second-order valence-electron chi connectivity index (χ2n) is 5.81. The van der Waals surface area contributed by atoms with Gasteiger partial charge in [-0.05, 0) is 39.8 Å². The van der Waals surface area contributed by atoms with Gasteiger partial charge in [0.2, 0.25) is 5.91 Å². The Morgan fingerprint density at radius 3 is 2.35 bits per heavy atom. The van der Waals surface area contributed by atoms with Crippen molar-refractivity contribution in [1.82, 2.24) is 9.80 Å². The number of amides is 1. The van der Waals surface area contributed by atoms with Crippen molar-refractivity contribution in [2.75, 3.05) is 39.9 Å². The zero-order valence-corrected chi connectivity index (χ0v) is 11.2. The van der Waals surface area contributed by atoms with Crippen LogP contribution in [0.15, 0.2) is 0 Å². The Morgan fingerprint density at radius 1 is 1.29 bits per heavy atom. The van der Waals surface area contributed by atoms with Gasteiger partial charge in [-0.25, -0.2) is 0 Å². The third-order valence-electron chi connectivity index (χ3n) is 4.26. The molecule has 2 fully saturated rings. The number of carbonyl (C=O) groups is 1. The van der Waals surface area contributed by atoms with Crippen molar-refractivity contribution in [2.24, 2.45) is 5.41 Å². The molecule has 2 rings (SSSR count). The quantitative estimate of drug-likeness (QED) is 0.737. The van der Waals surface area contributed by atoms with E-state index in [9.17, 15) is 4.79 Å². The molecule has 17 heavy (non-hydrogen) atoms. The Kier molecular flexibility index (Phi) is 3.73. The second-order valence-corrected chi connectivity index (χ2v) is 5.81. The molecule has 2 heterocycles. The molecule has 98 valence electrons. The predicted octanol–water partition coefficient (Wildman–Crippen LogP) is 0.966. The van der Waals surface area contributed by atoms with Crippen molar-refractivity contribution < 1.29 is 9.53 Å². The molecule has 0 saturated carbocycles.